The van der Waals surface area contributed by atoms with Crippen LogP contribution in [0.5, 0.6) is 5.88 Å². The van der Waals surface area contributed by atoms with Crippen LogP contribution in [0.15, 0.2) is 53.7 Å². The fraction of sp³-hybridized carbons (Fsp3) is 0.455. The Kier molecular flexibility index (Phi) is 10.5. The number of nitrogens with one attached hydrogen (secondary N) is 2. The van der Waals surface area contributed by atoms with Gasteiger partial charge in [-0.15, -0.1) is 24.0 Å². The molecule has 1 aliphatic rings. The molecule has 0 amide bonds. The highest BCUT2D eigenvalue weighted by Crippen LogP contribution is 2.29. The van der Waals surface area contributed by atoms with Gasteiger partial charge in [0.25, 0.3) is 0 Å². The number of aliphatic imine (C=N–C) groups is 1. The summed E-state index contributed by atoms with van der Waals surface area (Å²) in [5, 5.41) is 6.59. The summed E-state index contributed by atoms with van der Waals surface area (Å²) in [7, 11) is 1.71. The highest BCUT2D eigenvalue weighted by Gasteiger charge is 2.30. The molecule has 1 saturated heterocycles. The third kappa shape index (κ3) is 8.45. The second-order valence-electron chi connectivity index (χ2n) is 7.41. The zero-order chi connectivity index (χ0) is 22.1. The molecular formula is C22H29F3IN5O. The Balaban J connectivity index is 0.00000363. The molecule has 1 fully saturated rings. The molecule has 0 aliphatic carbocycles. The number of hydrogen-bond acceptors (Lipinski definition) is 4. The summed E-state index contributed by atoms with van der Waals surface area (Å²) in [6, 6.07) is 13.0. The molecule has 1 aromatic heterocycles. The van der Waals surface area contributed by atoms with E-state index in [4.69, 9.17) is 4.74 Å². The largest absolute Gasteiger partial charge is 0.476 e. The molecule has 0 unspecified atom stereocenters. The summed E-state index contributed by atoms with van der Waals surface area (Å²) in [5.74, 6) is 0.842. The number of aromatic nitrogens is 1. The number of halogens is 4. The molecule has 0 atom stereocenters. The predicted octanol–water partition coefficient (Wildman–Crippen LogP) is 3.93. The van der Waals surface area contributed by atoms with Crippen molar-refractivity contribution in [3.63, 3.8) is 0 Å². The van der Waals surface area contributed by atoms with E-state index >= 15 is 0 Å². The Morgan fingerprint density at radius 3 is 2.47 bits per heavy atom. The first-order valence-corrected chi connectivity index (χ1v) is 10.3. The van der Waals surface area contributed by atoms with Gasteiger partial charge in [-0.25, -0.2) is 4.98 Å². The van der Waals surface area contributed by atoms with Crippen molar-refractivity contribution in [2.24, 2.45) is 4.99 Å². The molecule has 6 nitrogen and oxygen atoms in total. The average molecular weight is 563 g/mol. The normalized spacial score (nSPS) is 15.7. The van der Waals surface area contributed by atoms with E-state index in [9.17, 15) is 13.2 Å². The number of benzene rings is 1. The quantitative estimate of drug-likeness (QED) is 0.232. The Morgan fingerprint density at radius 1 is 1.16 bits per heavy atom. The van der Waals surface area contributed by atoms with Crippen molar-refractivity contribution in [2.75, 3.05) is 33.3 Å². The minimum atomic E-state index is -4.40. The molecule has 3 rings (SSSR count). The van der Waals surface area contributed by atoms with Gasteiger partial charge in [-0.1, -0.05) is 30.3 Å². The number of likely N-dealkylation sites (tertiary alicyclic amines) is 1. The van der Waals surface area contributed by atoms with Crippen LogP contribution in [0.25, 0.3) is 0 Å². The first-order chi connectivity index (χ1) is 14.9. The van der Waals surface area contributed by atoms with Crippen LogP contribution in [0.1, 0.15) is 24.0 Å². The Labute approximate surface area is 203 Å². The number of ether oxygens (including phenoxy) is 1. The van der Waals surface area contributed by atoms with E-state index in [1.165, 1.54) is 11.6 Å². The summed E-state index contributed by atoms with van der Waals surface area (Å²) in [6.07, 6.45) is -1.57. The van der Waals surface area contributed by atoms with Gasteiger partial charge in [-0.2, -0.15) is 13.2 Å². The molecule has 0 radical (unpaired) electrons. The number of guanidine groups is 1. The zero-order valence-corrected chi connectivity index (χ0v) is 20.3. The van der Waals surface area contributed by atoms with Crippen molar-refractivity contribution in [2.45, 2.75) is 31.6 Å². The van der Waals surface area contributed by atoms with Crippen molar-refractivity contribution in [3.8, 4) is 5.88 Å². The molecule has 0 spiro atoms. The molecule has 0 saturated carbocycles. The lowest BCUT2D eigenvalue weighted by atomic mass is 10.0. The summed E-state index contributed by atoms with van der Waals surface area (Å²) >= 11 is 0. The van der Waals surface area contributed by atoms with Crippen molar-refractivity contribution in [1.82, 2.24) is 20.5 Å². The number of pyridine rings is 1. The van der Waals surface area contributed by atoms with Crippen molar-refractivity contribution in [1.29, 1.82) is 0 Å². The van der Waals surface area contributed by atoms with Gasteiger partial charge in [0.2, 0.25) is 5.88 Å². The van der Waals surface area contributed by atoms with E-state index in [-0.39, 0.29) is 36.5 Å². The first kappa shape index (κ1) is 26.2. The van der Waals surface area contributed by atoms with Gasteiger partial charge in [0.1, 0.15) is 6.61 Å². The molecular weight excluding hydrogens is 534 g/mol. The number of piperidine rings is 1. The Hall–Kier alpha value is -2.08. The van der Waals surface area contributed by atoms with Crippen molar-refractivity contribution >= 4 is 29.9 Å². The van der Waals surface area contributed by atoms with Crippen molar-refractivity contribution in [3.05, 3.63) is 59.8 Å². The zero-order valence-electron chi connectivity index (χ0n) is 17.9. The van der Waals surface area contributed by atoms with Crippen LogP contribution in [0, 0.1) is 0 Å². The van der Waals surface area contributed by atoms with Gasteiger partial charge in [0.15, 0.2) is 5.96 Å². The molecule has 1 aromatic carbocycles. The van der Waals surface area contributed by atoms with Gasteiger partial charge < -0.3 is 15.4 Å². The van der Waals surface area contributed by atoms with E-state index in [1.807, 2.05) is 6.07 Å². The number of hydrogen-bond donors (Lipinski definition) is 2. The van der Waals surface area contributed by atoms with E-state index in [2.05, 4.69) is 49.8 Å². The fourth-order valence-corrected chi connectivity index (χ4v) is 3.42. The number of alkyl halides is 3. The van der Waals surface area contributed by atoms with Crippen molar-refractivity contribution < 1.29 is 17.9 Å². The molecule has 32 heavy (non-hydrogen) atoms. The molecule has 1 aliphatic heterocycles. The average Bonchev–Trinajstić information content (AvgIpc) is 2.77. The molecule has 0 bridgehead atoms. The van der Waals surface area contributed by atoms with Crippen LogP contribution in [0.2, 0.25) is 0 Å². The fourth-order valence-electron chi connectivity index (χ4n) is 3.42. The molecule has 2 N–H and O–H groups in total. The maximum Gasteiger partial charge on any atom is 0.417 e. The highest BCUT2D eigenvalue weighted by molar-refractivity contribution is 14.0. The van der Waals surface area contributed by atoms with Gasteiger partial charge in [-0.05, 0) is 24.5 Å². The minimum Gasteiger partial charge on any atom is -0.476 e. The van der Waals surface area contributed by atoms with Gasteiger partial charge in [-0.3, -0.25) is 9.89 Å². The van der Waals surface area contributed by atoms with Crippen LogP contribution in [-0.2, 0) is 12.7 Å². The second-order valence-corrected chi connectivity index (χ2v) is 7.41. The summed E-state index contributed by atoms with van der Waals surface area (Å²) < 4.78 is 43.1. The predicted molar refractivity (Wildman–Crippen MR) is 129 cm³/mol. The number of rotatable bonds is 7. The monoisotopic (exact) mass is 563 g/mol. The van der Waals surface area contributed by atoms with Crippen LogP contribution in [0.4, 0.5) is 13.2 Å². The van der Waals surface area contributed by atoms with Crippen LogP contribution < -0.4 is 15.4 Å². The SMILES string of the molecule is CN=C(NCCOc1ccc(C(F)(F)F)cn1)NC1CCN(Cc2ccccc2)CC1.I. The summed E-state index contributed by atoms with van der Waals surface area (Å²) in [5.41, 5.74) is 0.534. The minimum absolute atomic E-state index is 0. The van der Waals surface area contributed by atoms with E-state index in [0.29, 0.717) is 18.5 Å². The van der Waals surface area contributed by atoms with Crippen LogP contribution in [0.3, 0.4) is 0 Å². The molecule has 176 valence electrons. The van der Waals surface area contributed by atoms with Crippen LogP contribution >= 0.6 is 24.0 Å². The summed E-state index contributed by atoms with van der Waals surface area (Å²) in [4.78, 5) is 10.4. The van der Waals surface area contributed by atoms with Gasteiger partial charge >= 0.3 is 6.18 Å². The third-order valence-corrected chi connectivity index (χ3v) is 5.11. The highest BCUT2D eigenvalue weighted by atomic mass is 127. The summed E-state index contributed by atoms with van der Waals surface area (Å²) in [6.45, 7) is 3.72. The second kappa shape index (κ2) is 12.8. The lowest BCUT2D eigenvalue weighted by Gasteiger charge is -2.33. The molecule has 2 heterocycles. The topological polar surface area (TPSA) is 61.8 Å². The van der Waals surface area contributed by atoms with E-state index in [0.717, 1.165) is 44.7 Å². The van der Waals surface area contributed by atoms with Crippen LogP contribution in [-0.4, -0.2) is 55.2 Å². The maximum absolute atomic E-state index is 12.6. The lowest BCUT2D eigenvalue weighted by Crippen LogP contribution is -2.49. The first-order valence-electron chi connectivity index (χ1n) is 10.3. The molecule has 10 heteroatoms. The van der Waals surface area contributed by atoms with E-state index < -0.39 is 11.7 Å². The Bertz CT molecular complexity index is 826. The third-order valence-electron chi connectivity index (χ3n) is 5.11. The lowest BCUT2D eigenvalue weighted by molar-refractivity contribution is -0.137. The smallest absolute Gasteiger partial charge is 0.417 e. The van der Waals surface area contributed by atoms with Gasteiger partial charge in [0, 0.05) is 45.0 Å². The Morgan fingerprint density at radius 2 is 1.88 bits per heavy atom. The van der Waals surface area contributed by atoms with Gasteiger partial charge in [0.05, 0.1) is 12.1 Å². The maximum atomic E-state index is 12.6. The van der Waals surface area contributed by atoms with E-state index in [1.54, 1.807) is 7.05 Å². The number of nitrogens with zero attached hydrogens (tertiary/aromatic N) is 3. The standard InChI is InChI=1S/C22H28F3N5O.HI/c1-26-21(27-11-14-31-20-8-7-18(15-28-20)22(23,24)25)29-19-9-12-30(13-10-19)16-17-5-3-2-4-6-17;/h2-8,15,19H,9-14,16H2,1H3,(H2,26,27,29);1H. The molecule has 2 aromatic rings.